The van der Waals surface area contributed by atoms with Crippen molar-refractivity contribution >= 4 is 5.78 Å². The third-order valence-corrected chi connectivity index (χ3v) is 3.33. The van der Waals surface area contributed by atoms with Gasteiger partial charge in [0.05, 0.1) is 5.56 Å². The van der Waals surface area contributed by atoms with Crippen molar-refractivity contribution in [3.63, 3.8) is 0 Å². The van der Waals surface area contributed by atoms with Gasteiger partial charge in [0, 0.05) is 18.8 Å². The summed E-state index contributed by atoms with van der Waals surface area (Å²) in [6, 6.07) is 10.2. The summed E-state index contributed by atoms with van der Waals surface area (Å²) >= 11 is 0. The molecule has 0 fully saturated rings. The molecule has 4 heteroatoms. The number of nitrogens with zero attached hydrogens (tertiary/aromatic N) is 2. The fourth-order valence-corrected chi connectivity index (χ4v) is 2.07. The molecule has 0 spiro atoms. The number of aliphatic hydroxyl groups excluding tert-OH is 1. The summed E-state index contributed by atoms with van der Waals surface area (Å²) in [5, 5.41) is 8.79. The molecule has 1 aromatic carbocycles. The second-order valence-corrected chi connectivity index (χ2v) is 5.40. The van der Waals surface area contributed by atoms with Crippen LogP contribution in [0.15, 0.2) is 42.7 Å². The second kappa shape index (κ2) is 5.92. The van der Waals surface area contributed by atoms with Gasteiger partial charge in [-0.2, -0.15) is 0 Å². The van der Waals surface area contributed by atoms with Crippen LogP contribution in [0.1, 0.15) is 35.6 Å². The summed E-state index contributed by atoms with van der Waals surface area (Å²) in [7, 11) is 0. The lowest BCUT2D eigenvalue weighted by molar-refractivity contribution is 0.0903. The maximum atomic E-state index is 11.3. The van der Waals surface area contributed by atoms with E-state index < -0.39 is 6.61 Å². The molecule has 0 aliphatic heterocycles. The highest BCUT2D eigenvalue weighted by molar-refractivity contribution is 5.96. The SMILES string of the molecule is CC(C)(Cc1ncc(C(=O)CO)cn1)c1ccccc1. The van der Waals surface area contributed by atoms with Gasteiger partial charge in [0.15, 0.2) is 5.78 Å². The number of hydrogen-bond acceptors (Lipinski definition) is 4. The molecule has 0 aliphatic rings. The van der Waals surface area contributed by atoms with E-state index in [1.807, 2.05) is 18.2 Å². The minimum atomic E-state index is -0.516. The van der Waals surface area contributed by atoms with Crippen molar-refractivity contribution < 1.29 is 9.90 Å². The van der Waals surface area contributed by atoms with Gasteiger partial charge in [-0.05, 0) is 11.0 Å². The normalized spacial score (nSPS) is 11.3. The lowest BCUT2D eigenvalue weighted by Gasteiger charge is -2.24. The molecule has 0 unspecified atom stereocenters. The molecule has 20 heavy (non-hydrogen) atoms. The quantitative estimate of drug-likeness (QED) is 0.846. The zero-order valence-corrected chi connectivity index (χ0v) is 11.7. The molecule has 0 aliphatic carbocycles. The Bertz CT molecular complexity index is 577. The summed E-state index contributed by atoms with van der Waals surface area (Å²) < 4.78 is 0. The highest BCUT2D eigenvalue weighted by Crippen LogP contribution is 2.26. The second-order valence-electron chi connectivity index (χ2n) is 5.40. The number of carbonyl (C=O) groups excluding carboxylic acids is 1. The summed E-state index contributed by atoms with van der Waals surface area (Å²) in [4.78, 5) is 19.7. The van der Waals surface area contributed by atoms with Gasteiger partial charge in [-0.3, -0.25) is 4.79 Å². The third kappa shape index (κ3) is 3.27. The van der Waals surface area contributed by atoms with Crippen LogP contribution in [0.3, 0.4) is 0 Å². The Kier molecular flexibility index (Phi) is 4.25. The average Bonchev–Trinajstić information content (AvgIpc) is 2.48. The van der Waals surface area contributed by atoms with Gasteiger partial charge in [-0.1, -0.05) is 44.2 Å². The van der Waals surface area contributed by atoms with Crippen molar-refractivity contribution in [2.45, 2.75) is 25.7 Å². The number of ketones is 1. The van der Waals surface area contributed by atoms with Gasteiger partial charge in [0.2, 0.25) is 0 Å². The molecule has 1 aromatic heterocycles. The van der Waals surface area contributed by atoms with Gasteiger partial charge in [0.1, 0.15) is 12.4 Å². The molecular formula is C16H18N2O2. The van der Waals surface area contributed by atoms with Crippen LogP contribution in [-0.4, -0.2) is 27.5 Å². The van der Waals surface area contributed by atoms with Crippen molar-refractivity contribution in [1.29, 1.82) is 0 Å². The molecule has 0 atom stereocenters. The largest absolute Gasteiger partial charge is 0.388 e. The molecule has 4 nitrogen and oxygen atoms in total. The smallest absolute Gasteiger partial charge is 0.191 e. The predicted octanol–water partition coefficient (Wildman–Crippen LogP) is 2.17. The van der Waals surface area contributed by atoms with Crippen molar-refractivity contribution in [1.82, 2.24) is 9.97 Å². The van der Waals surface area contributed by atoms with E-state index in [1.54, 1.807) is 0 Å². The molecule has 1 heterocycles. The van der Waals surface area contributed by atoms with Crippen molar-refractivity contribution in [3.05, 3.63) is 59.7 Å². The Labute approximate surface area is 118 Å². The monoisotopic (exact) mass is 270 g/mol. The van der Waals surface area contributed by atoms with Crippen LogP contribution in [-0.2, 0) is 11.8 Å². The summed E-state index contributed by atoms with van der Waals surface area (Å²) in [6.45, 7) is 3.76. The topological polar surface area (TPSA) is 63.1 Å². The Hall–Kier alpha value is -2.07. The molecule has 2 rings (SSSR count). The lowest BCUT2D eigenvalue weighted by Crippen LogP contribution is -2.22. The fourth-order valence-electron chi connectivity index (χ4n) is 2.07. The average molecular weight is 270 g/mol. The predicted molar refractivity (Wildman–Crippen MR) is 76.6 cm³/mol. The molecule has 104 valence electrons. The number of benzene rings is 1. The molecule has 0 radical (unpaired) electrons. The number of hydrogen-bond donors (Lipinski definition) is 1. The van der Waals surface area contributed by atoms with Gasteiger partial charge < -0.3 is 5.11 Å². The van der Waals surface area contributed by atoms with Crippen LogP contribution in [0.5, 0.6) is 0 Å². The van der Waals surface area contributed by atoms with Crippen molar-refractivity contribution in [3.8, 4) is 0 Å². The van der Waals surface area contributed by atoms with E-state index in [4.69, 9.17) is 5.11 Å². The number of Topliss-reactive ketones (excluding diaryl/α,β-unsaturated/α-hetero) is 1. The van der Waals surface area contributed by atoms with Gasteiger partial charge >= 0.3 is 0 Å². The maximum Gasteiger partial charge on any atom is 0.191 e. The van der Waals surface area contributed by atoms with Crippen LogP contribution in [0.2, 0.25) is 0 Å². The molecule has 1 N–H and O–H groups in total. The lowest BCUT2D eigenvalue weighted by atomic mass is 9.81. The number of aliphatic hydroxyl groups is 1. The van der Waals surface area contributed by atoms with Gasteiger partial charge in [0.25, 0.3) is 0 Å². The molecule has 0 saturated carbocycles. The molecule has 0 saturated heterocycles. The van der Waals surface area contributed by atoms with Crippen molar-refractivity contribution in [2.24, 2.45) is 0 Å². The first-order valence-electron chi connectivity index (χ1n) is 6.53. The van der Waals surface area contributed by atoms with Crippen LogP contribution in [0.4, 0.5) is 0 Å². The molecule has 0 amide bonds. The third-order valence-electron chi connectivity index (χ3n) is 3.33. The Morgan fingerprint density at radius 2 is 1.75 bits per heavy atom. The molecule has 0 bridgehead atoms. The Balaban J connectivity index is 2.15. The van der Waals surface area contributed by atoms with Crippen LogP contribution < -0.4 is 0 Å². The number of aromatic nitrogens is 2. The zero-order valence-electron chi connectivity index (χ0n) is 11.7. The first-order chi connectivity index (χ1) is 9.53. The van der Waals surface area contributed by atoms with Crippen LogP contribution in [0, 0.1) is 0 Å². The van der Waals surface area contributed by atoms with E-state index in [9.17, 15) is 4.79 Å². The van der Waals surface area contributed by atoms with E-state index in [-0.39, 0.29) is 11.2 Å². The Morgan fingerprint density at radius 3 is 2.30 bits per heavy atom. The standard InChI is InChI=1S/C16H18N2O2/c1-16(2,13-6-4-3-5-7-13)8-15-17-9-12(10-18-15)14(20)11-19/h3-7,9-10,19H,8,11H2,1-2H3. The first kappa shape index (κ1) is 14.3. The van der Waals surface area contributed by atoms with Crippen molar-refractivity contribution in [2.75, 3.05) is 6.61 Å². The Morgan fingerprint density at radius 1 is 1.15 bits per heavy atom. The highest BCUT2D eigenvalue weighted by Gasteiger charge is 2.22. The van der Waals surface area contributed by atoms with E-state index >= 15 is 0 Å². The highest BCUT2D eigenvalue weighted by atomic mass is 16.3. The van der Waals surface area contributed by atoms with Gasteiger partial charge in [-0.25, -0.2) is 9.97 Å². The fraction of sp³-hybridized carbons (Fsp3) is 0.312. The van der Waals surface area contributed by atoms with E-state index in [2.05, 4.69) is 35.9 Å². The minimum Gasteiger partial charge on any atom is -0.388 e. The number of carbonyl (C=O) groups is 1. The van der Waals surface area contributed by atoms with E-state index in [1.165, 1.54) is 18.0 Å². The number of rotatable bonds is 5. The first-order valence-corrected chi connectivity index (χ1v) is 6.53. The molecular weight excluding hydrogens is 252 g/mol. The van der Waals surface area contributed by atoms with Crippen LogP contribution in [0.25, 0.3) is 0 Å². The summed E-state index contributed by atoms with van der Waals surface area (Å²) in [5.74, 6) is 0.326. The van der Waals surface area contributed by atoms with E-state index in [0.717, 1.165) is 0 Å². The van der Waals surface area contributed by atoms with E-state index in [0.29, 0.717) is 17.8 Å². The van der Waals surface area contributed by atoms with Gasteiger partial charge in [-0.15, -0.1) is 0 Å². The zero-order chi connectivity index (χ0) is 14.6. The maximum absolute atomic E-state index is 11.3. The minimum absolute atomic E-state index is 0.0796. The molecule has 2 aromatic rings. The van der Waals surface area contributed by atoms with Crippen LogP contribution >= 0.6 is 0 Å². The summed E-state index contributed by atoms with van der Waals surface area (Å²) in [6.07, 6.45) is 3.63. The summed E-state index contributed by atoms with van der Waals surface area (Å²) in [5.41, 5.74) is 1.48.